The lowest BCUT2D eigenvalue weighted by molar-refractivity contribution is -0.0169. The zero-order valence-electron chi connectivity index (χ0n) is 11.3. The fraction of sp³-hybridized carbons (Fsp3) is 1.00. The van der Waals surface area contributed by atoms with Crippen LogP contribution in [0, 0.1) is 0 Å². The SMILES string of the molecule is CCC(C)N1CCN(C2COCCC2N)CC1. The van der Waals surface area contributed by atoms with Gasteiger partial charge in [0.25, 0.3) is 0 Å². The van der Waals surface area contributed by atoms with Gasteiger partial charge < -0.3 is 10.5 Å². The molecule has 0 aromatic rings. The highest BCUT2D eigenvalue weighted by atomic mass is 16.5. The highest BCUT2D eigenvalue weighted by Gasteiger charge is 2.31. The first kappa shape index (κ1) is 13.3. The van der Waals surface area contributed by atoms with E-state index in [2.05, 4.69) is 23.6 Å². The van der Waals surface area contributed by atoms with Gasteiger partial charge in [-0.3, -0.25) is 9.80 Å². The Morgan fingerprint density at radius 2 is 2.00 bits per heavy atom. The van der Waals surface area contributed by atoms with Crippen LogP contribution in [0.2, 0.25) is 0 Å². The minimum atomic E-state index is 0.305. The van der Waals surface area contributed by atoms with Crippen molar-refractivity contribution in [3.05, 3.63) is 0 Å². The molecule has 0 aromatic heterocycles. The van der Waals surface area contributed by atoms with Crippen LogP contribution in [-0.4, -0.2) is 67.3 Å². The first-order valence-corrected chi connectivity index (χ1v) is 7.03. The van der Waals surface area contributed by atoms with E-state index in [1.54, 1.807) is 0 Å². The van der Waals surface area contributed by atoms with Gasteiger partial charge >= 0.3 is 0 Å². The van der Waals surface area contributed by atoms with E-state index in [1.165, 1.54) is 19.5 Å². The predicted octanol–water partition coefficient (Wildman–Crippen LogP) is 0.519. The van der Waals surface area contributed by atoms with Crippen LogP contribution in [0.15, 0.2) is 0 Å². The number of hydrogen-bond acceptors (Lipinski definition) is 4. The van der Waals surface area contributed by atoms with Crippen molar-refractivity contribution < 1.29 is 4.74 Å². The van der Waals surface area contributed by atoms with E-state index in [0.29, 0.717) is 18.1 Å². The minimum Gasteiger partial charge on any atom is -0.380 e. The van der Waals surface area contributed by atoms with Crippen LogP contribution in [0.5, 0.6) is 0 Å². The lowest BCUT2D eigenvalue weighted by Gasteiger charge is -2.44. The molecule has 4 heteroatoms. The largest absolute Gasteiger partial charge is 0.380 e. The molecule has 0 saturated carbocycles. The van der Waals surface area contributed by atoms with E-state index < -0.39 is 0 Å². The molecule has 2 heterocycles. The molecular weight excluding hydrogens is 214 g/mol. The lowest BCUT2D eigenvalue weighted by atomic mass is 10.0. The van der Waals surface area contributed by atoms with Crippen LogP contribution in [0.25, 0.3) is 0 Å². The zero-order valence-corrected chi connectivity index (χ0v) is 11.3. The van der Waals surface area contributed by atoms with Crippen LogP contribution in [0.4, 0.5) is 0 Å². The van der Waals surface area contributed by atoms with Crippen molar-refractivity contribution in [2.75, 3.05) is 39.4 Å². The average molecular weight is 241 g/mol. The molecule has 0 spiro atoms. The monoisotopic (exact) mass is 241 g/mol. The number of hydrogen-bond donors (Lipinski definition) is 1. The first-order valence-electron chi connectivity index (χ1n) is 7.03. The van der Waals surface area contributed by atoms with Crippen LogP contribution in [-0.2, 0) is 4.74 Å². The molecule has 3 atom stereocenters. The molecule has 3 unspecified atom stereocenters. The first-order chi connectivity index (χ1) is 8.22. The summed E-state index contributed by atoms with van der Waals surface area (Å²) in [5.74, 6) is 0. The van der Waals surface area contributed by atoms with Crippen LogP contribution >= 0.6 is 0 Å². The molecule has 2 aliphatic heterocycles. The summed E-state index contributed by atoms with van der Waals surface area (Å²) in [5.41, 5.74) is 6.20. The summed E-state index contributed by atoms with van der Waals surface area (Å²) in [4.78, 5) is 5.12. The van der Waals surface area contributed by atoms with E-state index in [-0.39, 0.29) is 0 Å². The molecule has 100 valence electrons. The summed E-state index contributed by atoms with van der Waals surface area (Å²) in [5, 5.41) is 0. The van der Waals surface area contributed by atoms with Gasteiger partial charge in [-0.05, 0) is 19.8 Å². The summed E-state index contributed by atoms with van der Waals surface area (Å²) < 4.78 is 5.57. The molecule has 0 bridgehead atoms. The Hall–Kier alpha value is -0.160. The Morgan fingerprint density at radius 3 is 2.59 bits per heavy atom. The molecule has 4 nitrogen and oxygen atoms in total. The number of rotatable bonds is 3. The molecule has 2 rings (SSSR count). The van der Waals surface area contributed by atoms with Gasteiger partial charge in [-0.2, -0.15) is 0 Å². The number of nitrogens with zero attached hydrogens (tertiary/aromatic N) is 2. The summed E-state index contributed by atoms with van der Waals surface area (Å²) >= 11 is 0. The van der Waals surface area contributed by atoms with Gasteiger partial charge in [-0.25, -0.2) is 0 Å². The fourth-order valence-corrected chi connectivity index (χ4v) is 2.88. The van der Waals surface area contributed by atoms with Crippen LogP contribution in [0.3, 0.4) is 0 Å². The third kappa shape index (κ3) is 3.19. The Balaban J connectivity index is 1.81. The van der Waals surface area contributed by atoms with Crippen molar-refractivity contribution in [3.8, 4) is 0 Å². The minimum absolute atomic E-state index is 0.305. The Morgan fingerprint density at radius 1 is 1.29 bits per heavy atom. The van der Waals surface area contributed by atoms with Crippen molar-refractivity contribution in [3.63, 3.8) is 0 Å². The van der Waals surface area contributed by atoms with E-state index in [4.69, 9.17) is 10.5 Å². The van der Waals surface area contributed by atoms with Gasteiger partial charge in [0, 0.05) is 50.9 Å². The molecule has 2 saturated heterocycles. The highest BCUT2D eigenvalue weighted by Crippen LogP contribution is 2.16. The smallest absolute Gasteiger partial charge is 0.0636 e. The maximum atomic E-state index is 6.20. The van der Waals surface area contributed by atoms with E-state index in [9.17, 15) is 0 Å². The maximum absolute atomic E-state index is 6.20. The lowest BCUT2D eigenvalue weighted by Crippen LogP contribution is -2.59. The third-order valence-corrected chi connectivity index (χ3v) is 4.41. The molecule has 17 heavy (non-hydrogen) atoms. The van der Waals surface area contributed by atoms with Crippen LogP contribution in [0.1, 0.15) is 26.7 Å². The molecule has 2 aliphatic rings. The van der Waals surface area contributed by atoms with Crippen molar-refractivity contribution in [1.82, 2.24) is 9.80 Å². The summed E-state index contributed by atoms with van der Waals surface area (Å²) in [6.07, 6.45) is 2.25. The molecular formula is C13H27N3O. The third-order valence-electron chi connectivity index (χ3n) is 4.41. The van der Waals surface area contributed by atoms with Crippen molar-refractivity contribution >= 4 is 0 Å². The number of nitrogens with two attached hydrogens (primary N) is 1. The maximum Gasteiger partial charge on any atom is 0.0636 e. The highest BCUT2D eigenvalue weighted by molar-refractivity contribution is 4.88. The molecule has 2 fully saturated rings. The topological polar surface area (TPSA) is 41.7 Å². The van der Waals surface area contributed by atoms with Gasteiger partial charge in [0.15, 0.2) is 0 Å². The van der Waals surface area contributed by atoms with Crippen molar-refractivity contribution in [1.29, 1.82) is 0 Å². The van der Waals surface area contributed by atoms with Gasteiger partial charge in [0.1, 0.15) is 0 Å². The molecule has 0 radical (unpaired) electrons. The normalized spacial score (nSPS) is 34.8. The van der Waals surface area contributed by atoms with E-state index in [0.717, 1.165) is 32.7 Å². The molecule has 2 N–H and O–H groups in total. The Labute approximate surface area is 105 Å². The fourth-order valence-electron chi connectivity index (χ4n) is 2.88. The second-order valence-corrected chi connectivity index (χ2v) is 5.42. The summed E-state index contributed by atoms with van der Waals surface area (Å²) in [7, 11) is 0. The Bertz CT molecular complexity index is 229. The van der Waals surface area contributed by atoms with Gasteiger partial charge in [-0.1, -0.05) is 6.92 Å². The van der Waals surface area contributed by atoms with Gasteiger partial charge in [0.2, 0.25) is 0 Å². The van der Waals surface area contributed by atoms with E-state index >= 15 is 0 Å². The van der Waals surface area contributed by atoms with E-state index in [1.807, 2.05) is 0 Å². The average Bonchev–Trinajstić information content (AvgIpc) is 2.39. The molecule has 0 aliphatic carbocycles. The standard InChI is InChI=1S/C13H27N3O/c1-3-11(2)15-5-7-16(8-6-15)13-10-17-9-4-12(13)14/h11-13H,3-10,14H2,1-2H3. The summed E-state index contributed by atoms with van der Waals surface area (Å²) in [6, 6.07) is 1.47. The second kappa shape index (κ2) is 6.14. The number of ether oxygens (including phenoxy) is 1. The quantitative estimate of drug-likeness (QED) is 0.782. The Kier molecular flexibility index (Phi) is 4.79. The van der Waals surface area contributed by atoms with Crippen molar-refractivity contribution in [2.24, 2.45) is 5.73 Å². The van der Waals surface area contributed by atoms with Crippen LogP contribution < -0.4 is 5.73 Å². The summed E-state index contributed by atoms with van der Waals surface area (Å²) in [6.45, 7) is 10.9. The molecule has 0 amide bonds. The molecule has 0 aromatic carbocycles. The zero-order chi connectivity index (χ0) is 12.3. The van der Waals surface area contributed by atoms with Gasteiger partial charge in [-0.15, -0.1) is 0 Å². The van der Waals surface area contributed by atoms with Gasteiger partial charge in [0.05, 0.1) is 6.61 Å². The number of piperazine rings is 1. The second-order valence-electron chi connectivity index (χ2n) is 5.42. The van der Waals surface area contributed by atoms with Crippen molar-refractivity contribution in [2.45, 2.75) is 44.8 Å². The predicted molar refractivity (Wildman–Crippen MR) is 70.1 cm³/mol.